The Morgan fingerprint density at radius 2 is 1.22 bits per heavy atom. The number of hydrogen-bond donors (Lipinski definition) is 2. The lowest BCUT2D eigenvalue weighted by molar-refractivity contribution is 0.0513. The van der Waals surface area contributed by atoms with E-state index in [2.05, 4.69) is 10.2 Å². The van der Waals surface area contributed by atoms with E-state index in [0.29, 0.717) is 5.75 Å². The number of rotatable bonds is 11. The molecule has 1 aromatic heterocycles. The van der Waals surface area contributed by atoms with Crippen molar-refractivity contribution in [2.45, 2.75) is 0 Å². The van der Waals surface area contributed by atoms with Crippen LogP contribution < -0.4 is 23.7 Å². The Hall–Kier alpha value is -4.58. The number of nitrogens with zero attached hydrogens (tertiary/aromatic N) is 2. The van der Waals surface area contributed by atoms with Crippen LogP contribution in [0.5, 0.6) is 28.7 Å². The molecule has 0 unspecified atom stereocenters. The van der Waals surface area contributed by atoms with E-state index in [4.69, 9.17) is 28.4 Å². The Balaban J connectivity index is 2.52. The second-order valence-corrected chi connectivity index (χ2v) is 7.08. The highest BCUT2D eigenvalue weighted by Gasteiger charge is 2.30. The molecule has 0 saturated heterocycles. The van der Waals surface area contributed by atoms with E-state index in [0.717, 1.165) is 0 Å². The molecule has 0 atom stereocenters. The number of carboxylic acids is 2. The quantitative estimate of drug-likeness (QED) is 0.371. The number of hydrogen-bond acceptors (Lipinski definition) is 10. The van der Waals surface area contributed by atoms with Crippen LogP contribution in [0.4, 0.5) is 0 Å². The molecule has 0 aliphatic carbocycles. The third kappa shape index (κ3) is 4.93. The number of ether oxygens (including phenoxy) is 6. The van der Waals surface area contributed by atoms with Crippen LogP contribution in [0.15, 0.2) is 30.3 Å². The van der Waals surface area contributed by atoms with Crippen LogP contribution in [0.25, 0.3) is 22.3 Å². The van der Waals surface area contributed by atoms with Gasteiger partial charge in [0.25, 0.3) is 0 Å². The highest BCUT2D eigenvalue weighted by atomic mass is 16.7. The van der Waals surface area contributed by atoms with Crippen molar-refractivity contribution in [3.63, 3.8) is 0 Å². The van der Waals surface area contributed by atoms with Gasteiger partial charge in [-0.3, -0.25) is 0 Å². The molecule has 12 heteroatoms. The van der Waals surface area contributed by atoms with E-state index in [-0.39, 0.29) is 52.0 Å². The summed E-state index contributed by atoms with van der Waals surface area (Å²) >= 11 is 0. The lowest BCUT2D eigenvalue weighted by atomic mass is 9.91. The maximum absolute atomic E-state index is 12.3. The van der Waals surface area contributed by atoms with Gasteiger partial charge in [-0.05, 0) is 23.8 Å². The summed E-state index contributed by atoms with van der Waals surface area (Å²) in [6.45, 7) is -0.194. The standard InChI is InChI=1S/C24H24N2O10/c1-31-11-36-15-10-18(35-5)17(34-4)9-13(15)20-19(12-6-7-14(32-2)16(8-12)33-3)21(23(27)28)25-26-22(20)24(29)30/h6-10H,11H2,1-5H3,(H,27,28)(H,29,30). The molecule has 12 nitrogen and oxygen atoms in total. The second kappa shape index (κ2) is 11.2. The minimum Gasteiger partial charge on any atom is -0.493 e. The molecule has 0 spiro atoms. The van der Waals surface area contributed by atoms with Crippen molar-refractivity contribution in [3.05, 3.63) is 41.7 Å². The lowest BCUT2D eigenvalue weighted by Crippen LogP contribution is -2.14. The van der Waals surface area contributed by atoms with Crippen LogP contribution in [0, 0.1) is 0 Å². The summed E-state index contributed by atoms with van der Waals surface area (Å²) in [5.41, 5.74) is -0.678. The summed E-state index contributed by atoms with van der Waals surface area (Å²) in [4.78, 5) is 24.5. The highest BCUT2D eigenvalue weighted by Crippen LogP contribution is 2.46. The molecule has 36 heavy (non-hydrogen) atoms. The molecule has 3 aromatic rings. The molecule has 0 radical (unpaired) electrons. The Kier molecular flexibility index (Phi) is 8.12. The number of methoxy groups -OCH3 is 5. The van der Waals surface area contributed by atoms with E-state index in [1.165, 1.54) is 53.7 Å². The molecule has 0 amide bonds. The highest BCUT2D eigenvalue weighted by molar-refractivity contribution is 6.06. The Morgan fingerprint density at radius 1 is 0.694 bits per heavy atom. The van der Waals surface area contributed by atoms with Crippen molar-refractivity contribution in [1.82, 2.24) is 10.2 Å². The summed E-state index contributed by atoms with van der Waals surface area (Å²) in [7, 11) is 7.10. The summed E-state index contributed by atoms with van der Waals surface area (Å²) in [6, 6.07) is 7.55. The van der Waals surface area contributed by atoms with Crippen LogP contribution in [-0.4, -0.2) is 74.7 Å². The number of aromatic nitrogens is 2. The molecule has 0 saturated carbocycles. The first kappa shape index (κ1) is 26.0. The van der Waals surface area contributed by atoms with Crippen molar-refractivity contribution in [3.8, 4) is 51.0 Å². The van der Waals surface area contributed by atoms with E-state index in [1.54, 1.807) is 12.1 Å². The molecular weight excluding hydrogens is 476 g/mol. The summed E-state index contributed by atoms with van der Waals surface area (Å²) in [5.74, 6) is -1.54. The number of aromatic carboxylic acids is 2. The molecule has 0 aliphatic heterocycles. The SMILES string of the molecule is COCOc1cc(OC)c(OC)cc1-c1c(C(=O)O)nnc(C(=O)O)c1-c1ccc(OC)c(OC)c1. The maximum Gasteiger partial charge on any atom is 0.357 e. The number of carboxylic acid groups (broad SMARTS) is 2. The van der Waals surface area contributed by atoms with Crippen LogP contribution in [0.1, 0.15) is 21.0 Å². The van der Waals surface area contributed by atoms with Gasteiger partial charge < -0.3 is 38.6 Å². The molecule has 2 aromatic carbocycles. The summed E-state index contributed by atoms with van der Waals surface area (Å²) in [6.07, 6.45) is 0. The topological polar surface area (TPSA) is 156 Å². The third-order valence-electron chi connectivity index (χ3n) is 5.14. The number of benzene rings is 2. The predicted octanol–water partition coefficient (Wildman–Crippen LogP) is 3.22. The largest absolute Gasteiger partial charge is 0.493 e. The minimum atomic E-state index is -1.44. The molecule has 0 aliphatic rings. The first-order valence-electron chi connectivity index (χ1n) is 10.3. The lowest BCUT2D eigenvalue weighted by Gasteiger charge is -2.20. The van der Waals surface area contributed by atoms with E-state index in [9.17, 15) is 19.8 Å². The Morgan fingerprint density at radius 3 is 1.75 bits per heavy atom. The van der Waals surface area contributed by atoms with Gasteiger partial charge in [0.1, 0.15) is 5.75 Å². The molecule has 1 heterocycles. The van der Waals surface area contributed by atoms with E-state index >= 15 is 0 Å². The zero-order valence-corrected chi connectivity index (χ0v) is 20.1. The molecule has 2 N–H and O–H groups in total. The van der Waals surface area contributed by atoms with Gasteiger partial charge in [-0.25, -0.2) is 9.59 Å². The fourth-order valence-corrected chi connectivity index (χ4v) is 3.57. The number of carbonyl (C=O) groups is 2. The average Bonchev–Trinajstić information content (AvgIpc) is 2.89. The summed E-state index contributed by atoms with van der Waals surface area (Å²) < 4.78 is 32.1. The Labute approximate surface area is 205 Å². The molecule has 0 fully saturated rings. The molecule has 0 bridgehead atoms. The fourth-order valence-electron chi connectivity index (χ4n) is 3.57. The zero-order valence-electron chi connectivity index (χ0n) is 20.1. The second-order valence-electron chi connectivity index (χ2n) is 7.08. The zero-order chi connectivity index (χ0) is 26.4. The molecular formula is C24H24N2O10. The Bertz CT molecular complexity index is 1290. The van der Waals surface area contributed by atoms with Crippen molar-refractivity contribution < 1.29 is 48.2 Å². The fraction of sp³-hybridized carbons (Fsp3) is 0.250. The van der Waals surface area contributed by atoms with Gasteiger partial charge in [0.2, 0.25) is 0 Å². The maximum atomic E-state index is 12.3. The van der Waals surface area contributed by atoms with Crippen LogP contribution in [0.3, 0.4) is 0 Å². The third-order valence-corrected chi connectivity index (χ3v) is 5.14. The van der Waals surface area contributed by atoms with Gasteiger partial charge >= 0.3 is 11.9 Å². The first-order chi connectivity index (χ1) is 17.3. The van der Waals surface area contributed by atoms with Gasteiger partial charge in [-0.2, -0.15) is 0 Å². The van der Waals surface area contributed by atoms with Crippen molar-refractivity contribution in [2.24, 2.45) is 0 Å². The predicted molar refractivity (Wildman–Crippen MR) is 126 cm³/mol. The first-order valence-corrected chi connectivity index (χ1v) is 10.3. The monoisotopic (exact) mass is 500 g/mol. The van der Waals surface area contributed by atoms with Crippen molar-refractivity contribution in [2.75, 3.05) is 42.3 Å². The van der Waals surface area contributed by atoms with Crippen LogP contribution in [0.2, 0.25) is 0 Å². The van der Waals surface area contributed by atoms with Gasteiger partial charge in [-0.1, -0.05) is 6.07 Å². The molecule has 190 valence electrons. The van der Waals surface area contributed by atoms with Gasteiger partial charge in [-0.15, -0.1) is 10.2 Å². The minimum absolute atomic E-state index is 0.0367. The van der Waals surface area contributed by atoms with Gasteiger partial charge in [0.15, 0.2) is 41.2 Å². The van der Waals surface area contributed by atoms with Gasteiger partial charge in [0.05, 0.1) is 28.4 Å². The molecule has 3 rings (SSSR count). The summed E-state index contributed by atoms with van der Waals surface area (Å²) in [5, 5.41) is 27.4. The smallest absolute Gasteiger partial charge is 0.357 e. The van der Waals surface area contributed by atoms with Gasteiger partial charge in [0, 0.05) is 29.9 Å². The normalized spacial score (nSPS) is 10.5. The van der Waals surface area contributed by atoms with Crippen molar-refractivity contribution in [1.29, 1.82) is 0 Å². The average molecular weight is 500 g/mol. The van der Waals surface area contributed by atoms with Crippen LogP contribution >= 0.6 is 0 Å². The van der Waals surface area contributed by atoms with E-state index in [1.807, 2.05) is 0 Å². The van der Waals surface area contributed by atoms with Crippen molar-refractivity contribution >= 4 is 11.9 Å². The van der Waals surface area contributed by atoms with E-state index < -0.39 is 23.3 Å². The van der Waals surface area contributed by atoms with Crippen LogP contribution in [-0.2, 0) is 4.74 Å².